The summed E-state index contributed by atoms with van der Waals surface area (Å²) in [5, 5.41) is 4.61. The summed E-state index contributed by atoms with van der Waals surface area (Å²) >= 11 is 11.8. The summed E-state index contributed by atoms with van der Waals surface area (Å²) < 4.78 is 13.7. The highest BCUT2D eigenvalue weighted by Crippen LogP contribution is 2.26. The number of aromatic nitrogens is 2. The Morgan fingerprint density at radius 2 is 2.00 bits per heavy atom. The molecule has 3 aromatic rings. The van der Waals surface area contributed by atoms with Crippen LogP contribution in [0.3, 0.4) is 0 Å². The first-order valence-corrected chi connectivity index (χ1v) is 7.89. The largest absolute Gasteiger partial charge is 0.369 e. The number of hydrogen-bond donors (Lipinski definition) is 1. The van der Waals surface area contributed by atoms with Gasteiger partial charge < -0.3 is 5.32 Å². The van der Waals surface area contributed by atoms with Gasteiger partial charge in [0.25, 0.3) is 0 Å². The second kappa shape index (κ2) is 6.69. The second-order valence-corrected chi connectivity index (χ2v) is 6.19. The van der Waals surface area contributed by atoms with Gasteiger partial charge in [0.05, 0.1) is 10.5 Å². The first-order valence-electron chi connectivity index (χ1n) is 7.13. The molecule has 118 valence electrons. The molecule has 0 amide bonds. The average Bonchev–Trinajstić information content (AvgIpc) is 2.54. The molecule has 1 atom stereocenters. The van der Waals surface area contributed by atoms with Crippen LogP contribution in [0.2, 0.25) is 10.0 Å². The molecule has 0 spiro atoms. The lowest BCUT2D eigenvalue weighted by atomic mass is 10.0. The minimum Gasteiger partial charge on any atom is -0.369 e. The highest BCUT2D eigenvalue weighted by molar-refractivity contribution is 6.31. The molecule has 0 saturated heterocycles. The lowest BCUT2D eigenvalue weighted by Gasteiger charge is -2.15. The summed E-state index contributed by atoms with van der Waals surface area (Å²) in [4.78, 5) is 8.32. The van der Waals surface area contributed by atoms with Gasteiger partial charge in [0.2, 0.25) is 0 Å². The number of fused-ring (bicyclic) bond motifs is 1. The standard InChI is InChI=1S/C17H14Cl2FN3/c1-10(11-3-2-4-12(18)5-11)8-21-17-13-6-15(20)14(19)7-16(13)22-9-23-17/h2-7,9-10H,8H2,1H3,(H,21,22,23). The van der Waals surface area contributed by atoms with E-state index in [-0.39, 0.29) is 10.9 Å². The van der Waals surface area contributed by atoms with Crippen LogP contribution in [0.15, 0.2) is 42.7 Å². The molecule has 0 aliphatic rings. The van der Waals surface area contributed by atoms with Crippen molar-refractivity contribution < 1.29 is 4.39 Å². The monoisotopic (exact) mass is 349 g/mol. The summed E-state index contributed by atoms with van der Waals surface area (Å²) in [6.07, 6.45) is 1.43. The molecule has 0 saturated carbocycles. The van der Waals surface area contributed by atoms with Crippen LogP contribution < -0.4 is 5.32 Å². The van der Waals surface area contributed by atoms with Gasteiger partial charge >= 0.3 is 0 Å². The maximum absolute atomic E-state index is 13.7. The van der Waals surface area contributed by atoms with Crippen LogP contribution in [0, 0.1) is 5.82 Å². The molecule has 1 heterocycles. The molecule has 0 radical (unpaired) electrons. The number of nitrogens with one attached hydrogen (secondary N) is 1. The Hall–Kier alpha value is -1.91. The van der Waals surface area contributed by atoms with Crippen LogP contribution in [0.5, 0.6) is 0 Å². The molecule has 2 aromatic carbocycles. The molecule has 23 heavy (non-hydrogen) atoms. The van der Waals surface area contributed by atoms with Crippen molar-refractivity contribution in [3.63, 3.8) is 0 Å². The molecule has 3 rings (SSSR count). The molecule has 3 nitrogen and oxygen atoms in total. The highest BCUT2D eigenvalue weighted by Gasteiger charge is 2.11. The Balaban J connectivity index is 1.83. The van der Waals surface area contributed by atoms with E-state index in [4.69, 9.17) is 23.2 Å². The maximum atomic E-state index is 13.7. The van der Waals surface area contributed by atoms with Gasteiger partial charge in [0.15, 0.2) is 0 Å². The van der Waals surface area contributed by atoms with Gasteiger partial charge in [0, 0.05) is 17.0 Å². The van der Waals surface area contributed by atoms with Crippen molar-refractivity contribution in [3.8, 4) is 0 Å². The van der Waals surface area contributed by atoms with E-state index in [1.54, 1.807) is 0 Å². The smallest absolute Gasteiger partial charge is 0.142 e. The maximum Gasteiger partial charge on any atom is 0.142 e. The lowest BCUT2D eigenvalue weighted by molar-refractivity contribution is 0.630. The molecular weight excluding hydrogens is 336 g/mol. The van der Waals surface area contributed by atoms with E-state index < -0.39 is 5.82 Å². The van der Waals surface area contributed by atoms with Gasteiger partial charge in [-0.05, 0) is 35.7 Å². The first-order chi connectivity index (χ1) is 11.0. The van der Waals surface area contributed by atoms with E-state index in [1.807, 2.05) is 24.3 Å². The van der Waals surface area contributed by atoms with Crippen molar-refractivity contribution in [3.05, 3.63) is 64.2 Å². The summed E-state index contributed by atoms with van der Waals surface area (Å²) in [5.74, 6) is 0.315. The Labute approximate surface area is 143 Å². The Morgan fingerprint density at radius 3 is 2.78 bits per heavy atom. The fourth-order valence-corrected chi connectivity index (χ4v) is 2.73. The van der Waals surface area contributed by atoms with Crippen molar-refractivity contribution in [2.24, 2.45) is 0 Å². The lowest BCUT2D eigenvalue weighted by Crippen LogP contribution is -2.11. The molecule has 1 aromatic heterocycles. The van der Waals surface area contributed by atoms with Crippen molar-refractivity contribution in [2.45, 2.75) is 12.8 Å². The van der Waals surface area contributed by atoms with Gasteiger partial charge in [-0.3, -0.25) is 0 Å². The van der Waals surface area contributed by atoms with Crippen molar-refractivity contribution in [1.29, 1.82) is 0 Å². The number of nitrogens with zero attached hydrogens (tertiary/aromatic N) is 2. The summed E-state index contributed by atoms with van der Waals surface area (Å²) in [5.41, 5.74) is 1.72. The van der Waals surface area contributed by atoms with Crippen LogP contribution in [-0.2, 0) is 0 Å². The van der Waals surface area contributed by atoms with E-state index in [0.29, 0.717) is 28.3 Å². The normalized spacial score (nSPS) is 12.3. The third-order valence-electron chi connectivity index (χ3n) is 3.67. The SMILES string of the molecule is CC(CNc1ncnc2cc(Cl)c(F)cc12)c1cccc(Cl)c1. The molecule has 0 bridgehead atoms. The Kier molecular flexibility index (Phi) is 4.64. The number of benzene rings is 2. The Morgan fingerprint density at radius 1 is 1.17 bits per heavy atom. The summed E-state index contributed by atoms with van der Waals surface area (Å²) in [6.45, 7) is 2.72. The molecule has 1 N–H and O–H groups in total. The fraction of sp³-hybridized carbons (Fsp3) is 0.176. The predicted octanol–water partition coefficient (Wildman–Crippen LogP) is 5.29. The zero-order valence-corrected chi connectivity index (χ0v) is 13.9. The van der Waals surface area contributed by atoms with E-state index in [2.05, 4.69) is 22.2 Å². The Bertz CT molecular complexity index is 854. The fourth-order valence-electron chi connectivity index (χ4n) is 2.37. The quantitative estimate of drug-likeness (QED) is 0.695. The van der Waals surface area contributed by atoms with Crippen molar-refractivity contribution in [2.75, 3.05) is 11.9 Å². The average molecular weight is 350 g/mol. The van der Waals surface area contributed by atoms with Gasteiger partial charge in [-0.25, -0.2) is 14.4 Å². The second-order valence-electron chi connectivity index (χ2n) is 5.34. The van der Waals surface area contributed by atoms with Gasteiger partial charge in [-0.15, -0.1) is 0 Å². The van der Waals surface area contributed by atoms with Gasteiger partial charge in [-0.2, -0.15) is 0 Å². The number of halogens is 3. The summed E-state index contributed by atoms with van der Waals surface area (Å²) in [7, 11) is 0. The zero-order valence-electron chi connectivity index (χ0n) is 12.4. The highest BCUT2D eigenvalue weighted by atomic mass is 35.5. The minimum atomic E-state index is -0.486. The first kappa shape index (κ1) is 16.0. The molecule has 0 aliphatic heterocycles. The van der Waals surface area contributed by atoms with Gasteiger partial charge in [-0.1, -0.05) is 42.3 Å². The molecule has 6 heteroatoms. The molecule has 0 fully saturated rings. The molecular formula is C17H14Cl2FN3. The third-order valence-corrected chi connectivity index (χ3v) is 4.20. The third kappa shape index (κ3) is 3.54. The topological polar surface area (TPSA) is 37.8 Å². The van der Waals surface area contributed by atoms with Crippen LogP contribution >= 0.6 is 23.2 Å². The van der Waals surface area contributed by atoms with Crippen LogP contribution in [0.1, 0.15) is 18.4 Å². The van der Waals surface area contributed by atoms with Crippen LogP contribution in [-0.4, -0.2) is 16.5 Å². The van der Waals surface area contributed by atoms with Crippen molar-refractivity contribution >= 4 is 39.9 Å². The van der Waals surface area contributed by atoms with Crippen molar-refractivity contribution in [1.82, 2.24) is 9.97 Å². The molecule has 1 unspecified atom stereocenters. The van der Waals surface area contributed by atoms with E-state index in [1.165, 1.54) is 18.5 Å². The zero-order chi connectivity index (χ0) is 16.4. The van der Waals surface area contributed by atoms with E-state index in [9.17, 15) is 4.39 Å². The van der Waals surface area contributed by atoms with Crippen LogP contribution in [0.25, 0.3) is 10.9 Å². The molecule has 0 aliphatic carbocycles. The van der Waals surface area contributed by atoms with E-state index >= 15 is 0 Å². The number of anilines is 1. The van der Waals surface area contributed by atoms with E-state index in [0.717, 1.165) is 5.56 Å². The number of rotatable bonds is 4. The van der Waals surface area contributed by atoms with Gasteiger partial charge in [0.1, 0.15) is 18.0 Å². The number of hydrogen-bond acceptors (Lipinski definition) is 3. The predicted molar refractivity (Wildman–Crippen MR) is 92.9 cm³/mol. The summed E-state index contributed by atoms with van der Waals surface area (Å²) in [6, 6.07) is 10.6. The minimum absolute atomic E-state index is 0.0504. The van der Waals surface area contributed by atoms with Crippen LogP contribution in [0.4, 0.5) is 10.2 Å².